The quantitative estimate of drug-likeness (QED) is 0.718. The summed E-state index contributed by atoms with van der Waals surface area (Å²) >= 11 is 0. The van der Waals surface area contributed by atoms with Crippen molar-refractivity contribution in [1.82, 2.24) is 30.6 Å². The van der Waals surface area contributed by atoms with Crippen molar-refractivity contribution in [1.29, 1.82) is 0 Å². The van der Waals surface area contributed by atoms with Gasteiger partial charge in [-0.3, -0.25) is 0 Å². The van der Waals surface area contributed by atoms with Crippen molar-refractivity contribution < 1.29 is 0 Å². The van der Waals surface area contributed by atoms with E-state index in [1.54, 1.807) is 6.20 Å². The van der Waals surface area contributed by atoms with Crippen LogP contribution in [0.3, 0.4) is 0 Å². The van der Waals surface area contributed by atoms with Crippen LogP contribution >= 0.6 is 0 Å². The summed E-state index contributed by atoms with van der Waals surface area (Å²) in [5, 5.41) is 17.9. The topological polar surface area (TPSA) is 92.3 Å². The highest BCUT2D eigenvalue weighted by atomic mass is 15.5. The van der Waals surface area contributed by atoms with Gasteiger partial charge >= 0.3 is 0 Å². The Labute approximate surface area is 103 Å². The molecule has 0 aliphatic carbocycles. The smallest absolute Gasteiger partial charge is 0.223 e. The summed E-state index contributed by atoms with van der Waals surface area (Å²) in [4.78, 5) is 8.67. The first-order valence-electron chi connectivity index (χ1n) is 5.54. The van der Waals surface area contributed by atoms with E-state index in [0.29, 0.717) is 11.8 Å². The van der Waals surface area contributed by atoms with Crippen molar-refractivity contribution in [3.63, 3.8) is 0 Å². The standard InChI is InChI=1S/C11H11N7/c1-7(10-15-17-18-16-10)13-11-12-6-8-4-2-3-5-9(8)14-11/h2-7H,1H3,(H,12,13,14)(H,15,16,17,18). The molecule has 0 aliphatic heterocycles. The molecule has 90 valence electrons. The molecule has 0 fully saturated rings. The van der Waals surface area contributed by atoms with Gasteiger partial charge in [0.25, 0.3) is 0 Å². The largest absolute Gasteiger partial charge is 0.344 e. The van der Waals surface area contributed by atoms with Crippen molar-refractivity contribution in [2.75, 3.05) is 5.32 Å². The molecular weight excluding hydrogens is 230 g/mol. The number of nitrogens with one attached hydrogen (secondary N) is 2. The fourth-order valence-electron chi connectivity index (χ4n) is 1.65. The van der Waals surface area contributed by atoms with Crippen molar-refractivity contribution in [2.45, 2.75) is 13.0 Å². The third-order valence-corrected chi connectivity index (χ3v) is 2.58. The van der Waals surface area contributed by atoms with Crippen LogP contribution in [0, 0.1) is 0 Å². The second-order valence-electron chi connectivity index (χ2n) is 3.89. The predicted octanol–water partition coefficient (Wildman–Crippen LogP) is 1.32. The van der Waals surface area contributed by atoms with Crippen LogP contribution in [0.2, 0.25) is 0 Å². The summed E-state index contributed by atoms with van der Waals surface area (Å²) in [6, 6.07) is 7.72. The Bertz CT molecular complexity index is 649. The van der Waals surface area contributed by atoms with Gasteiger partial charge in [-0.15, -0.1) is 10.2 Å². The molecule has 0 amide bonds. The molecule has 7 heteroatoms. The van der Waals surface area contributed by atoms with Crippen LogP contribution in [0.25, 0.3) is 10.9 Å². The molecule has 0 radical (unpaired) electrons. The van der Waals surface area contributed by atoms with Gasteiger partial charge in [-0.05, 0) is 13.0 Å². The number of anilines is 1. The van der Waals surface area contributed by atoms with Gasteiger partial charge in [0.2, 0.25) is 5.95 Å². The zero-order valence-electron chi connectivity index (χ0n) is 9.70. The minimum Gasteiger partial charge on any atom is -0.344 e. The SMILES string of the molecule is CC(Nc1ncc2ccccc2n1)c1nn[nH]n1. The highest BCUT2D eigenvalue weighted by molar-refractivity contribution is 5.78. The summed E-state index contributed by atoms with van der Waals surface area (Å²) in [7, 11) is 0. The molecule has 0 bridgehead atoms. The third kappa shape index (κ3) is 1.97. The molecule has 1 atom stereocenters. The second kappa shape index (κ2) is 4.36. The van der Waals surface area contributed by atoms with Crippen molar-refractivity contribution in [2.24, 2.45) is 0 Å². The summed E-state index contributed by atoms with van der Waals surface area (Å²) in [6.45, 7) is 1.92. The normalized spacial score (nSPS) is 12.5. The molecule has 7 nitrogen and oxygen atoms in total. The van der Waals surface area contributed by atoms with Gasteiger partial charge in [0.05, 0.1) is 11.6 Å². The first kappa shape index (κ1) is 10.6. The van der Waals surface area contributed by atoms with E-state index in [0.717, 1.165) is 10.9 Å². The molecule has 2 aromatic heterocycles. The van der Waals surface area contributed by atoms with Gasteiger partial charge < -0.3 is 5.32 Å². The van der Waals surface area contributed by atoms with Gasteiger partial charge in [-0.2, -0.15) is 5.21 Å². The minimum atomic E-state index is -0.107. The molecule has 2 heterocycles. The summed E-state index contributed by atoms with van der Waals surface area (Å²) in [5.41, 5.74) is 0.898. The molecule has 0 aliphatic rings. The van der Waals surface area contributed by atoms with Crippen LogP contribution in [0.4, 0.5) is 5.95 Å². The number of fused-ring (bicyclic) bond motifs is 1. The van der Waals surface area contributed by atoms with E-state index < -0.39 is 0 Å². The highest BCUT2D eigenvalue weighted by Crippen LogP contribution is 2.15. The summed E-state index contributed by atoms with van der Waals surface area (Å²) in [6.07, 6.45) is 1.79. The average Bonchev–Trinajstić information content (AvgIpc) is 2.92. The molecule has 1 aromatic carbocycles. The van der Waals surface area contributed by atoms with Crippen LogP contribution in [-0.4, -0.2) is 30.6 Å². The van der Waals surface area contributed by atoms with Gasteiger partial charge in [0.15, 0.2) is 5.82 Å². The Morgan fingerprint density at radius 2 is 2.17 bits per heavy atom. The zero-order chi connectivity index (χ0) is 12.4. The summed E-state index contributed by atoms with van der Waals surface area (Å²) in [5.74, 6) is 1.12. The lowest BCUT2D eigenvalue weighted by atomic mass is 10.2. The number of aromatic amines is 1. The number of hydrogen-bond donors (Lipinski definition) is 2. The lowest BCUT2D eigenvalue weighted by molar-refractivity contribution is 0.782. The number of aromatic nitrogens is 6. The number of rotatable bonds is 3. The minimum absolute atomic E-state index is 0.107. The van der Waals surface area contributed by atoms with E-state index >= 15 is 0 Å². The van der Waals surface area contributed by atoms with E-state index in [-0.39, 0.29) is 6.04 Å². The monoisotopic (exact) mass is 241 g/mol. The molecule has 18 heavy (non-hydrogen) atoms. The Balaban J connectivity index is 1.86. The van der Waals surface area contributed by atoms with Crippen LogP contribution in [-0.2, 0) is 0 Å². The van der Waals surface area contributed by atoms with Crippen LogP contribution in [0.5, 0.6) is 0 Å². The Hall–Kier alpha value is -2.57. The molecular formula is C11H11N7. The molecule has 0 spiro atoms. The van der Waals surface area contributed by atoms with Crippen molar-refractivity contribution >= 4 is 16.9 Å². The van der Waals surface area contributed by atoms with E-state index in [9.17, 15) is 0 Å². The molecule has 1 unspecified atom stereocenters. The Morgan fingerprint density at radius 1 is 1.28 bits per heavy atom. The Morgan fingerprint density at radius 3 is 3.00 bits per heavy atom. The number of H-pyrrole nitrogens is 1. The van der Waals surface area contributed by atoms with Crippen molar-refractivity contribution in [3.05, 3.63) is 36.3 Å². The number of tetrazole rings is 1. The summed E-state index contributed by atoms with van der Waals surface area (Å²) < 4.78 is 0. The highest BCUT2D eigenvalue weighted by Gasteiger charge is 2.11. The zero-order valence-corrected chi connectivity index (χ0v) is 9.70. The average molecular weight is 241 g/mol. The maximum Gasteiger partial charge on any atom is 0.223 e. The molecule has 0 saturated heterocycles. The maximum atomic E-state index is 4.42. The number of para-hydroxylation sites is 1. The second-order valence-corrected chi connectivity index (χ2v) is 3.89. The maximum absolute atomic E-state index is 4.42. The van der Waals surface area contributed by atoms with E-state index in [1.807, 2.05) is 31.2 Å². The van der Waals surface area contributed by atoms with E-state index in [2.05, 4.69) is 35.9 Å². The van der Waals surface area contributed by atoms with Gasteiger partial charge in [-0.25, -0.2) is 9.97 Å². The number of hydrogen-bond acceptors (Lipinski definition) is 6. The lowest BCUT2D eigenvalue weighted by Gasteiger charge is -2.09. The predicted molar refractivity (Wildman–Crippen MR) is 65.8 cm³/mol. The van der Waals surface area contributed by atoms with Crippen molar-refractivity contribution in [3.8, 4) is 0 Å². The third-order valence-electron chi connectivity index (χ3n) is 2.58. The molecule has 0 saturated carbocycles. The van der Waals surface area contributed by atoms with E-state index in [4.69, 9.17) is 0 Å². The first-order valence-corrected chi connectivity index (χ1v) is 5.54. The van der Waals surface area contributed by atoms with Gasteiger partial charge in [0.1, 0.15) is 0 Å². The van der Waals surface area contributed by atoms with E-state index in [1.165, 1.54) is 0 Å². The van der Waals surface area contributed by atoms with Crippen LogP contribution < -0.4 is 5.32 Å². The first-order chi connectivity index (χ1) is 8.83. The molecule has 3 aromatic rings. The number of nitrogens with zero attached hydrogens (tertiary/aromatic N) is 5. The lowest BCUT2D eigenvalue weighted by Crippen LogP contribution is -2.11. The number of benzene rings is 1. The fourth-order valence-corrected chi connectivity index (χ4v) is 1.65. The van der Waals surface area contributed by atoms with Crippen LogP contribution in [0.15, 0.2) is 30.5 Å². The van der Waals surface area contributed by atoms with Gasteiger partial charge in [0, 0.05) is 11.6 Å². The van der Waals surface area contributed by atoms with Gasteiger partial charge in [-0.1, -0.05) is 23.4 Å². The molecule has 2 N–H and O–H groups in total. The Kier molecular flexibility index (Phi) is 2.56. The molecule has 3 rings (SSSR count). The van der Waals surface area contributed by atoms with Crippen LogP contribution in [0.1, 0.15) is 18.8 Å². The fraction of sp³-hybridized carbons (Fsp3) is 0.182.